The maximum absolute atomic E-state index is 13.6. The molecule has 2 aromatic rings. The normalized spacial score (nSPS) is 26.8. The van der Waals surface area contributed by atoms with Gasteiger partial charge >= 0.3 is 5.97 Å². The number of likely N-dealkylation sites (tertiary alicyclic amines) is 1. The molecule has 33 heavy (non-hydrogen) atoms. The van der Waals surface area contributed by atoms with Crippen LogP contribution in [0.5, 0.6) is 5.75 Å². The number of nitrogens with one attached hydrogen (secondary N) is 1. The lowest BCUT2D eigenvalue weighted by Crippen LogP contribution is -2.56. The van der Waals surface area contributed by atoms with Crippen molar-refractivity contribution < 1.29 is 24.6 Å². The van der Waals surface area contributed by atoms with Crippen LogP contribution < -0.4 is 5.32 Å². The predicted molar refractivity (Wildman–Crippen MR) is 123 cm³/mol. The van der Waals surface area contributed by atoms with Crippen molar-refractivity contribution in [1.82, 2.24) is 10.2 Å². The summed E-state index contributed by atoms with van der Waals surface area (Å²) in [6.07, 6.45) is 0.118. The Balaban J connectivity index is 1.85. The van der Waals surface area contributed by atoms with E-state index in [1.165, 1.54) is 12.1 Å². The molecule has 0 aromatic heterocycles. The Morgan fingerprint density at radius 1 is 1.15 bits per heavy atom. The number of carbonyl (C=O) groups excluding carboxylic acids is 2. The van der Waals surface area contributed by atoms with Crippen molar-refractivity contribution in [3.8, 4) is 5.75 Å². The van der Waals surface area contributed by atoms with E-state index in [-0.39, 0.29) is 40.2 Å². The Hall–Kier alpha value is -2.61. The van der Waals surface area contributed by atoms with Gasteiger partial charge in [0.05, 0.1) is 23.4 Å². The SMILES string of the molecule is CC(C)C[C@]1(C(=O)O)N[C@H](c2cc(Cl)cc(Cl)c2O)[C@H]2C(=O)N(Cc3ccccc3)C(=O)[C@H]21. The molecule has 2 aliphatic heterocycles. The van der Waals surface area contributed by atoms with Gasteiger partial charge in [-0.1, -0.05) is 67.4 Å². The Morgan fingerprint density at radius 2 is 1.82 bits per heavy atom. The zero-order valence-corrected chi connectivity index (χ0v) is 19.6. The molecule has 7 nitrogen and oxygen atoms in total. The van der Waals surface area contributed by atoms with E-state index in [0.29, 0.717) is 0 Å². The summed E-state index contributed by atoms with van der Waals surface area (Å²) < 4.78 is 0. The summed E-state index contributed by atoms with van der Waals surface area (Å²) in [6.45, 7) is 3.74. The Morgan fingerprint density at radius 3 is 2.42 bits per heavy atom. The van der Waals surface area contributed by atoms with Crippen LogP contribution in [0.4, 0.5) is 0 Å². The number of amides is 2. The third-order valence-corrected chi connectivity index (χ3v) is 6.94. The Labute approximate surface area is 201 Å². The van der Waals surface area contributed by atoms with E-state index in [9.17, 15) is 24.6 Å². The first-order valence-electron chi connectivity index (χ1n) is 10.6. The maximum atomic E-state index is 13.6. The van der Waals surface area contributed by atoms with Gasteiger partial charge in [-0.05, 0) is 30.0 Å². The number of phenols is 1. The molecule has 2 amide bonds. The topological polar surface area (TPSA) is 107 Å². The fourth-order valence-electron chi connectivity index (χ4n) is 5.19. The van der Waals surface area contributed by atoms with Gasteiger partial charge in [0.1, 0.15) is 11.3 Å². The number of aliphatic carboxylic acids is 1. The van der Waals surface area contributed by atoms with Crippen molar-refractivity contribution in [1.29, 1.82) is 0 Å². The second kappa shape index (κ2) is 8.63. The van der Waals surface area contributed by atoms with Crippen LogP contribution in [0.1, 0.15) is 37.4 Å². The Kier molecular flexibility index (Phi) is 6.16. The summed E-state index contributed by atoms with van der Waals surface area (Å²) in [5.41, 5.74) is -0.748. The van der Waals surface area contributed by atoms with Gasteiger partial charge in [0.15, 0.2) is 0 Å². The second-order valence-electron chi connectivity index (χ2n) is 9.07. The summed E-state index contributed by atoms with van der Waals surface area (Å²) in [7, 11) is 0. The van der Waals surface area contributed by atoms with Gasteiger partial charge in [0.2, 0.25) is 11.8 Å². The van der Waals surface area contributed by atoms with E-state index >= 15 is 0 Å². The number of rotatable bonds is 6. The van der Waals surface area contributed by atoms with Crippen LogP contribution in [-0.4, -0.2) is 38.4 Å². The first-order valence-corrected chi connectivity index (χ1v) is 11.4. The molecular formula is C24H24Cl2N2O5. The van der Waals surface area contributed by atoms with Gasteiger partial charge in [0.25, 0.3) is 0 Å². The number of fused-ring (bicyclic) bond motifs is 1. The number of benzene rings is 2. The Bertz CT molecular complexity index is 1120. The summed E-state index contributed by atoms with van der Waals surface area (Å²) in [6, 6.07) is 10.9. The number of imide groups is 1. The maximum Gasteiger partial charge on any atom is 0.324 e. The standard InChI is InChI=1S/C24H24Cl2N2O5/c1-12(2)10-24(23(32)33)18-17(19(27-24)15-8-14(25)9-16(26)20(15)29)21(30)28(22(18)31)11-13-6-4-3-5-7-13/h3-9,12,17-19,27,29H,10-11H2,1-2H3,(H,32,33)/t17-,18-,19+,24-/m0/s1. The zero-order chi connectivity index (χ0) is 24.1. The van der Waals surface area contributed by atoms with E-state index in [1.807, 2.05) is 19.9 Å². The molecule has 0 unspecified atom stereocenters. The second-order valence-corrected chi connectivity index (χ2v) is 9.92. The molecule has 2 fully saturated rings. The highest BCUT2D eigenvalue weighted by Gasteiger charge is 2.68. The third kappa shape index (κ3) is 3.88. The van der Waals surface area contributed by atoms with Gasteiger partial charge in [-0.25, -0.2) is 0 Å². The van der Waals surface area contributed by atoms with Crippen molar-refractivity contribution in [2.45, 2.75) is 38.4 Å². The predicted octanol–water partition coefficient (Wildman–Crippen LogP) is 4.01. The molecule has 4 rings (SSSR count). The van der Waals surface area contributed by atoms with E-state index in [1.54, 1.807) is 24.3 Å². The van der Waals surface area contributed by atoms with Gasteiger partial charge in [0, 0.05) is 16.6 Å². The number of carbonyl (C=O) groups is 3. The van der Waals surface area contributed by atoms with Crippen molar-refractivity contribution in [3.63, 3.8) is 0 Å². The number of carboxylic acid groups (broad SMARTS) is 1. The van der Waals surface area contributed by atoms with Crippen LogP contribution in [0, 0.1) is 17.8 Å². The molecule has 0 spiro atoms. The van der Waals surface area contributed by atoms with Crippen molar-refractivity contribution in [2.24, 2.45) is 17.8 Å². The highest BCUT2D eigenvalue weighted by molar-refractivity contribution is 6.35. The highest BCUT2D eigenvalue weighted by Crippen LogP contribution is 2.53. The van der Waals surface area contributed by atoms with Gasteiger partial charge < -0.3 is 10.2 Å². The molecule has 2 aromatic carbocycles. The van der Waals surface area contributed by atoms with Crippen LogP contribution in [0.3, 0.4) is 0 Å². The van der Waals surface area contributed by atoms with Gasteiger partial charge in [-0.2, -0.15) is 0 Å². The average molecular weight is 491 g/mol. The lowest BCUT2D eigenvalue weighted by molar-refractivity contribution is -0.152. The molecule has 0 saturated carbocycles. The molecule has 2 heterocycles. The van der Waals surface area contributed by atoms with Crippen molar-refractivity contribution >= 4 is 41.0 Å². The zero-order valence-electron chi connectivity index (χ0n) is 18.1. The molecule has 2 aliphatic rings. The largest absolute Gasteiger partial charge is 0.506 e. The number of carboxylic acids is 1. The van der Waals surface area contributed by atoms with Crippen LogP contribution in [0.2, 0.25) is 10.0 Å². The fraction of sp³-hybridized carbons (Fsp3) is 0.375. The molecular weight excluding hydrogens is 467 g/mol. The first kappa shape index (κ1) is 23.5. The van der Waals surface area contributed by atoms with E-state index in [4.69, 9.17) is 23.2 Å². The van der Waals surface area contributed by atoms with E-state index in [0.717, 1.165) is 10.5 Å². The molecule has 3 N–H and O–H groups in total. The number of nitrogens with zero attached hydrogens (tertiary/aromatic N) is 1. The molecule has 4 atom stereocenters. The van der Waals surface area contributed by atoms with Crippen LogP contribution in [0.15, 0.2) is 42.5 Å². The lowest BCUT2D eigenvalue weighted by atomic mass is 9.75. The number of phenolic OH excluding ortho intramolecular Hbond substituents is 1. The van der Waals surface area contributed by atoms with Crippen LogP contribution in [0.25, 0.3) is 0 Å². The first-order chi connectivity index (χ1) is 15.6. The van der Waals surface area contributed by atoms with Crippen molar-refractivity contribution in [2.75, 3.05) is 0 Å². The molecule has 0 aliphatic carbocycles. The summed E-state index contributed by atoms with van der Waals surface area (Å²) in [5, 5.41) is 24.2. The average Bonchev–Trinajstić information content (AvgIpc) is 3.21. The number of hydrogen-bond acceptors (Lipinski definition) is 5. The quantitative estimate of drug-likeness (QED) is 0.528. The molecule has 2 saturated heterocycles. The number of hydrogen-bond donors (Lipinski definition) is 3. The minimum Gasteiger partial charge on any atom is -0.506 e. The van der Waals surface area contributed by atoms with Gasteiger partial charge in [-0.3, -0.25) is 24.6 Å². The monoisotopic (exact) mass is 490 g/mol. The molecule has 174 valence electrons. The number of halogens is 2. The van der Waals surface area contributed by atoms with Crippen LogP contribution >= 0.6 is 23.2 Å². The smallest absolute Gasteiger partial charge is 0.324 e. The summed E-state index contributed by atoms with van der Waals surface area (Å²) in [4.78, 5) is 41.0. The van der Waals surface area contributed by atoms with E-state index < -0.39 is 41.2 Å². The van der Waals surface area contributed by atoms with Crippen molar-refractivity contribution in [3.05, 3.63) is 63.6 Å². The van der Waals surface area contributed by atoms with Crippen LogP contribution in [-0.2, 0) is 20.9 Å². The molecule has 0 bridgehead atoms. The summed E-state index contributed by atoms with van der Waals surface area (Å²) in [5.74, 6) is -4.81. The van der Waals surface area contributed by atoms with Gasteiger partial charge in [-0.15, -0.1) is 0 Å². The molecule has 9 heteroatoms. The minimum atomic E-state index is -1.69. The fourth-order valence-corrected chi connectivity index (χ4v) is 5.70. The lowest BCUT2D eigenvalue weighted by Gasteiger charge is -2.32. The molecule has 0 radical (unpaired) electrons. The summed E-state index contributed by atoms with van der Waals surface area (Å²) >= 11 is 12.3. The third-order valence-electron chi connectivity index (χ3n) is 6.43. The van der Waals surface area contributed by atoms with E-state index in [2.05, 4.69) is 5.32 Å². The minimum absolute atomic E-state index is 0.0227. The number of aromatic hydroxyl groups is 1. The highest BCUT2D eigenvalue weighted by atomic mass is 35.5.